The molecule has 3 rings (SSSR count). The third kappa shape index (κ3) is 3.00. The number of benzene rings is 1. The minimum absolute atomic E-state index is 0.162. The van der Waals surface area contributed by atoms with Crippen LogP contribution in [0.3, 0.4) is 0 Å². The van der Waals surface area contributed by atoms with Gasteiger partial charge in [-0.2, -0.15) is 0 Å². The molecule has 2 N–H and O–H groups in total. The maximum Gasteiger partial charge on any atom is 0.290 e. The summed E-state index contributed by atoms with van der Waals surface area (Å²) < 4.78 is 18.5. The number of nitrogens with zero attached hydrogens (tertiary/aromatic N) is 1. The number of aliphatic hydroxyl groups is 2. The Morgan fingerprint density at radius 1 is 1.39 bits per heavy atom. The number of rotatable bonds is 3. The van der Waals surface area contributed by atoms with Crippen LogP contribution in [0.25, 0.3) is 0 Å². The van der Waals surface area contributed by atoms with Crippen LogP contribution in [0.4, 0.5) is 4.39 Å². The van der Waals surface area contributed by atoms with Crippen LogP contribution in [0.2, 0.25) is 0 Å². The number of aryl methyl sites for hydroxylation is 1. The molecule has 5 nitrogen and oxygen atoms in total. The largest absolute Gasteiger partial charge is 0.453 e. The number of β-amino-alcohol motifs (C(OH)–C–C–N with tert-alkyl or cyclic N) is 1. The first-order chi connectivity index (χ1) is 11.0. The van der Waals surface area contributed by atoms with E-state index in [0.717, 1.165) is 5.56 Å². The lowest BCUT2D eigenvalue weighted by Crippen LogP contribution is -2.32. The summed E-state index contributed by atoms with van der Waals surface area (Å²) in [7, 11) is 0. The maximum absolute atomic E-state index is 13.1. The molecule has 1 aromatic carbocycles. The molecule has 0 saturated carbocycles. The van der Waals surface area contributed by atoms with E-state index in [4.69, 9.17) is 9.52 Å². The number of furan rings is 1. The molecule has 0 radical (unpaired) electrons. The monoisotopic (exact) mass is 319 g/mol. The Morgan fingerprint density at radius 3 is 2.70 bits per heavy atom. The van der Waals surface area contributed by atoms with Crippen LogP contribution in [0.15, 0.2) is 34.7 Å². The molecule has 2 atom stereocenters. The average Bonchev–Trinajstić information content (AvgIpc) is 3.10. The molecule has 1 aliphatic rings. The normalized spacial score (nSPS) is 21.0. The number of hydrogen-bond donors (Lipinski definition) is 2. The van der Waals surface area contributed by atoms with E-state index in [1.807, 2.05) is 0 Å². The molecular weight excluding hydrogens is 301 g/mol. The summed E-state index contributed by atoms with van der Waals surface area (Å²) in [6.45, 7) is 1.64. The molecule has 6 heteroatoms. The second kappa shape index (κ2) is 6.14. The lowest BCUT2D eigenvalue weighted by Gasteiger charge is -2.24. The zero-order chi connectivity index (χ0) is 16.6. The predicted octanol–water partition coefficient (Wildman–Crippen LogP) is 2.17. The van der Waals surface area contributed by atoms with Gasteiger partial charge in [0.1, 0.15) is 18.2 Å². The van der Waals surface area contributed by atoms with Crippen molar-refractivity contribution < 1.29 is 23.8 Å². The van der Waals surface area contributed by atoms with Gasteiger partial charge in [0.05, 0.1) is 12.1 Å². The van der Waals surface area contributed by atoms with Crippen molar-refractivity contribution in [1.29, 1.82) is 0 Å². The van der Waals surface area contributed by atoms with Crippen LogP contribution >= 0.6 is 0 Å². The lowest BCUT2D eigenvalue weighted by atomic mass is 10.0. The van der Waals surface area contributed by atoms with E-state index in [9.17, 15) is 14.3 Å². The third-order valence-corrected chi connectivity index (χ3v) is 4.11. The summed E-state index contributed by atoms with van der Waals surface area (Å²) in [5.41, 5.74) is 1.40. The van der Waals surface area contributed by atoms with E-state index in [2.05, 4.69) is 0 Å². The van der Waals surface area contributed by atoms with Crippen molar-refractivity contribution in [1.82, 2.24) is 4.90 Å². The van der Waals surface area contributed by atoms with Crippen molar-refractivity contribution >= 4 is 5.91 Å². The molecule has 0 bridgehead atoms. The number of carbonyl (C=O) groups excluding carboxylic acids is 1. The van der Waals surface area contributed by atoms with Crippen LogP contribution in [-0.4, -0.2) is 33.7 Å². The van der Waals surface area contributed by atoms with Crippen LogP contribution in [0, 0.1) is 12.7 Å². The summed E-state index contributed by atoms with van der Waals surface area (Å²) in [6.07, 6.45) is -0.245. The van der Waals surface area contributed by atoms with Gasteiger partial charge in [-0.1, -0.05) is 12.1 Å². The second-order valence-electron chi connectivity index (χ2n) is 5.80. The third-order valence-electron chi connectivity index (χ3n) is 4.11. The summed E-state index contributed by atoms with van der Waals surface area (Å²) in [6, 6.07) is 7.20. The second-order valence-corrected chi connectivity index (χ2v) is 5.80. The number of likely N-dealkylation sites (tertiary alicyclic amines) is 1. The van der Waals surface area contributed by atoms with E-state index < -0.39 is 6.10 Å². The Morgan fingerprint density at radius 2 is 2.09 bits per heavy atom. The quantitative estimate of drug-likeness (QED) is 0.909. The molecule has 1 aromatic heterocycles. The number of carbonyl (C=O) groups is 1. The van der Waals surface area contributed by atoms with E-state index in [-0.39, 0.29) is 36.7 Å². The standard InChI is InChI=1S/C17H18FNO4/c1-10-6-14(9-20)23-16(10)17(22)19-8-13(21)7-15(19)11-2-4-12(18)5-3-11/h2-6,13,15,20-21H,7-9H2,1H3/t13-,15-/m1/s1. The minimum Gasteiger partial charge on any atom is -0.453 e. The molecule has 1 aliphatic heterocycles. The first-order valence-electron chi connectivity index (χ1n) is 7.44. The zero-order valence-electron chi connectivity index (χ0n) is 12.7. The summed E-state index contributed by atoms with van der Waals surface area (Å²) >= 11 is 0. The topological polar surface area (TPSA) is 73.9 Å². The Hall–Kier alpha value is -2.18. The molecule has 0 spiro atoms. The van der Waals surface area contributed by atoms with E-state index in [0.29, 0.717) is 17.7 Å². The molecule has 0 aliphatic carbocycles. The zero-order valence-corrected chi connectivity index (χ0v) is 12.7. The molecule has 2 heterocycles. The highest BCUT2D eigenvalue weighted by Crippen LogP contribution is 2.34. The molecule has 23 heavy (non-hydrogen) atoms. The SMILES string of the molecule is Cc1cc(CO)oc1C(=O)N1C[C@H](O)C[C@@H]1c1ccc(F)cc1. The summed E-state index contributed by atoms with van der Waals surface area (Å²) in [4.78, 5) is 14.3. The number of aliphatic hydroxyl groups excluding tert-OH is 2. The number of amides is 1. The lowest BCUT2D eigenvalue weighted by molar-refractivity contribution is 0.0678. The molecule has 0 unspecified atom stereocenters. The molecule has 1 saturated heterocycles. The van der Waals surface area contributed by atoms with Gasteiger partial charge in [0.15, 0.2) is 5.76 Å². The molecule has 1 fully saturated rings. The molecule has 122 valence electrons. The van der Waals surface area contributed by atoms with Crippen LogP contribution in [-0.2, 0) is 6.61 Å². The van der Waals surface area contributed by atoms with Crippen LogP contribution in [0.5, 0.6) is 0 Å². The summed E-state index contributed by atoms with van der Waals surface area (Å²) in [5, 5.41) is 19.1. The first kappa shape index (κ1) is 15.7. The van der Waals surface area contributed by atoms with Gasteiger partial charge in [0.2, 0.25) is 0 Å². The fourth-order valence-electron chi connectivity index (χ4n) is 3.01. The maximum atomic E-state index is 13.1. The van der Waals surface area contributed by atoms with Crippen molar-refractivity contribution in [2.75, 3.05) is 6.54 Å². The minimum atomic E-state index is -0.637. The Kier molecular flexibility index (Phi) is 4.19. The van der Waals surface area contributed by atoms with Crippen LogP contribution in [0.1, 0.15) is 39.9 Å². The Bertz CT molecular complexity index is 710. The average molecular weight is 319 g/mol. The van der Waals surface area contributed by atoms with E-state index >= 15 is 0 Å². The van der Waals surface area contributed by atoms with Gasteiger partial charge in [-0.15, -0.1) is 0 Å². The van der Waals surface area contributed by atoms with Gasteiger partial charge in [-0.05, 0) is 37.1 Å². The smallest absolute Gasteiger partial charge is 0.290 e. The molecule has 1 amide bonds. The van der Waals surface area contributed by atoms with Gasteiger partial charge in [-0.25, -0.2) is 4.39 Å². The first-order valence-corrected chi connectivity index (χ1v) is 7.44. The highest BCUT2D eigenvalue weighted by Gasteiger charge is 2.37. The van der Waals surface area contributed by atoms with Crippen molar-refractivity contribution in [2.24, 2.45) is 0 Å². The number of halogens is 1. The van der Waals surface area contributed by atoms with Crippen molar-refractivity contribution in [3.8, 4) is 0 Å². The van der Waals surface area contributed by atoms with Crippen LogP contribution < -0.4 is 0 Å². The Labute approximate surface area is 133 Å². The highest BCUT2D eigenvalue weighted by atomic mass is 19.1. The highest BCUT2D eigenvalue weighted by molar-refractivity contribution is 5.93. The van der Waals surface area contributed by atoms with E-state index in [1.54, 1.807) is 25.1 Å². The van der Waals surface area contributed by atoms with E-state index in [1.165, 1.54) is 17.0 Å². The Balaban J connectivity index is 1.91. The fourth-order valence-corrected chi connectivity index (χ4v) is 3.01. The van der Waals surface area contributed by atoms with Crippen molar-refractivity contribution in [3.63, 3.8) is 0 Å². The molecule has 2 aromatic rings. The van der Waals surface area contributed by atoms with Gasteiger partial charge in [-0.3, -0.25) is 4.79 Å². The number of hydrogen-bond acceptors (Lipinski definition) is 4. The van der Waals surface area contributed by atoms with Gasteiger partial charge in [0, 0.05) is 12.1 Å². The summed E-state index contributed by atoms with van der Waals surface area (Å²) in [5.74, 6) is -0.202. The van der Waals surface area contributed by atoms with Crippen molar-refractivity contribution in [2.45, 2.75) is 32.1 Å². The van der Waals surface area contributed by atoms with Crippen molar-refractivity contribution in [3.05, 3.63) is 58.8 Å². The predicted molar refractivity (Wildman–Crippen MR) is 80.2 cm³/mol. The molecular formula is C17H18FNO4. The van der Waals surface area contributed by atoms with Gasteiger partial charge in [0.25, 0.3) is 5.91 Å². The van der Waals surface area contributed by atoms with Gasteiger partial charge < -0.3 is 19.5 Å². The van der Waals surface area contributed by atoms with Gasteiger partial charge >= 0.3 is 0 Å². The fraction of sp³-hybridized carbons (Fsp3) is 0.353.